The third kappa shape index (κ3) is 4.02. The molecule has 2 aromatic carbocycles. The van der Waals surface area contributed by atoms with Gasteiger partial charge in [-0.2, -0.15) is 0 Å². The molecular formula is C32H30O14. The number of carbonyl (C=O) groups excluding carboxylic acids is 5. The Bertz CT molecular complexity index is 1770. The highest BCUT2D eigenvalue weighted by molar-refractivity contribution is 6.13. The zero-order chi connectivity index (χ0) is 33.5. The van der Waals surface area contributed by atoms with Gasteiger partial charge in [0.15, 0.2) is 17.7 Å². The van der Waals surface area contributed by atoms with Crippen LogP contribution in [0, 0.1) is 11.8 Å². The second-order valence-corrected chi connectivity index (χ2v) is 11.9. The number of ether oxygens (including phenoxy) is 5. The molecular weight excluding hydrogens is 608 g/mol. The number of hydrogen-bond acceptors (Lipinski definition) is 14. The number of cyclic esters (lactones) is 1. The zero-order valence-corrected chi connectivity index (χ0v) is 25.1. The fraction of sp³-hybridized carbons (Fsp3) is 0.406. The first-order valence-electron chi connectivity index (χ1n) is 14.4. The molecule has 0 aromatic heterocycles. The van der Waals surface area contributed by atoms with E-state index in [0.717, 1.165) is 20.3 Å². The van der Waals surface area contributed by atoms with Gasteiger partial charge in [0.2, 0.25) is 5.60 Å². The van der Waals surface area contributed by atoms with Crippen molar-refractivity contribution in [3.8, 4) is 34.1 Å². The Labute approximate surface area is 261 Å². The summed E-state index contributed by atoms with van der Waals surface area (Å²) in [6.07, 6.45) is -3.79. The molecule has 3 aliphatic heterocycles. The second kappa shape index (κ2) is 10.5. The van der Waals surface area contributed by atoms with Gasteiger partial charge in [0.1, 0.15) is 46.0 Å². The number of methoxy groups -OCH3 is 2. The van der Waals surface area contributed by atoms with Crippen molar-refractivity contribution in [3.63, 3.8) is 0 Å². The van der Waals surface area contributed by atoms with Crippen molar-refractivity contribution in [3.05, 3.63) is 41.0 Å². The van der Waals surface area contributed by atoms with Crippen LogP contribution in [0.4, 0.5) is 0 Å². The molecule has 2 fully saturated rings. The first kappa shape index (κ1) is 30.9. The van der Waals surface area contributed by atoms with Crippen LogP contribution in [0.25, 0.3) is 16.9 Å². The van der Waals surface area contributed by atoms with E-state index in [2.05, 4.69) is 0 Å². The summed E-state index contributed by atoms with van der Waals surface area (Å²) < 4.78 is 27.4. The standard InChI is InChI=1S/C32H30O14/c1-12-9-17(34)23-25(38)22-19(45-32(23,27(12)39)30(41)43-4)8-6-14(24(22)37)15-5-7-16(33)21-18(35)11-31(29(40)42-3,46-26(15)21)28-13(2)10-20(36)44-28/h5-8,12-13,27-28,33,37-39H,9-11H2,1-4H3/t12-,13-,27+,28+,31-,32+/m0/s1. The molecule has 6 rings (SSSR count). The number of phenols is 2. The molecule has 14 nitrogen and oxygen atoms in total. The normalized spacial score (nSPS) is 29.9. The van der Waals surface area contributed by atoms with Crippen LogP contribution in [0.1, 0.15) is 49.0 Å². The topological polar surface area (TPSA) is 212 Å². The minimum Gasteiger partial charge on any atom is -0.507 e. The van der Waals surface area contributed by atoms with Gasteiger partial charge in [0.25, 0.3) is 5.60 Å². The molecule has 242 valence electrons. The van der Waals surface area contributed by atoms with Gasteiger partial charge >= 0.3 is 17.9 Å². The molecule has 4 aliphatic rings. The largest absolute Gasteiger partial charge is 0.507 e. The molecule has 0 amide bonds. The van der Waals surface area contributed by atoms with E-state index in [-0.39, 0.29) is 41.0 Å². The van der Waals surface area contributed by atoms with E-state index in [0.29, 0.717) is 0 Å². The Kier molecular flexibility index (Phi) is 7.04. The molecule has 2 aromatic rings. The van der Waals surface area contributed by atoms with Crippen LogP contribution in [0.3, 0.4) is 0 Å². The summed E-state index contributed by atoms with van der Waals surface area (Å²) in [5, 5.41) is 44.9. The zero-order valence-electron chi connectivity index (χ0n) is 25.1. The number of hydrogen-bond donors (Lipinski definition) is 4. The lowest BCUT2D eigenvalue weighted by molar-refractivity contribution is -0.177. The van der Waals surface area contributed by atoms with E-state index < -0.39 is 99.5 Å². The fourth-order valence-electron chi connectivity index (χ4n) is 7.00. The maximum atomic E-state index is 13.6. The summed E-state index contributed by atoms with van der Waals surface area (Å²) in [5.74, 6) is -8.24. The lowest BCUT2D eigenvalue weighted by Crippen LogP contribution is -2.64. The van der Waals surface area contributed by atoms with E-state index in [4.69, 9.17) is 23.7 Å². The number of phenolic OH excluding ortho intramolecular Hbond substituents is 2. The molecule has 0 unspecified atom stereocenters. The minimum absolute atomic E-state index is 0.0439. The number of carbonyl (C=O) groups is 5. The third-order valence-electron chi connectivity index (χ3n) is 9.15. The van der Waals surface area contributed by atoms with Crippen LogP contribution in [0.15, 0.2) is 29.8 Å². The van der Waals surface area contributed by atoms with Crippen LogP contribution < -0.4 is 9.47 Å². The monoisotopic (exact) mass is 638 g/mol. The summed E-state index contributed by atoms with van der Waals surface area (Å²) >= 11 is 0. The van der Waals surface area contributed by atoms with Crippen molar-refractivity contribution in [2.45, 2.75) is 56.5 Å². The fourth-order valence-corrected chi connectivity index (χ4v) is 7.00. The molecule has 46 heavy (non-hydrogen) atoms. The molecule has 1 aliphatic carbocycles. The SMILES string of the molecule is COC(=O)[C@@]12Oc3ccc(-c4ccc(O)c5c4O[C@](C(=O)OC)([C@@H]4OC(=O)C[C@@H]4C)CC5=O)c(O)c3C(O)=C1C(=O)C[C@H](C)[C@H]2O. The highest BCUT2D eigenvalue weighted by atomic mass is 16.6. The van der Waals surface area contributed by atoms with Gasteiger partial charge in [-0.1, -0.05) is 13.8 Å². The molecule has 3 heterocycles. The third-order valence-corrected chi connectivity index (χ3v) is 9.15. The van der Waals surface area contributed by atoms with Crippen LogP contribution in [-0.4, -0.2) is 87.5 Å². The van der Waals surface area contributed by atoms with Crippen molar-refractivity contribution in [1.82, 2.24) is 0 Å². The molecule has 4 N–H and O–H groups in total. The van der Waals surface area contributed by atoms with E-state index in [1.165, 1.54) is 25.1 Å². The predicted octanol–water partition coefficient (Wildman–Crippen LogP) is 2.14. The summed E-state index contributed by atoms with van der Waals surface area (Å²) in [6.45, 7) is 3.16. The summed E-state index contributed by atoms with van der Waals surface area (Å²) in [7, 11) is 2.10. The van der Waals surface area contributed by atoms with Crippen LogP contribution in [0.2, 0.25) is 0 Å². The number of benzene rings is 2. The number of ketones is 2. The maximum absolute atomic E-state index is 13.6. The Morgan fingerprint density at radius 2 is 1.52 bits per heavy atom. The van der Waals surface area contributed by atoms with Gasteiger partial charge in [-0.25, -0.2) is 9.59 Å². The molecule has 14 heteroatoms. The quantitative estimate of drug-likeness (QED) is 0.279. The number of rotatable bonds is 4. The van der Waals surface area contributed by atoms with E-state index in [9.17, 15) is 44.4 Å². The first-order chi connectivity index (χ1) is 21.7. The molecule has 0 radical (unpaired) electrons. The highest BCUT2D eigenvalue weighted by Crippen LogP contribution is 2.55. The van der Waals surface area contributed by atoms with Gasteiger partial charge in [-0.05, 0) is 30.2 Å². The summed E-state index contributed by atoms with van der Waals surface area (Å²) in [4.78, 5) is 65.4. The average molecular weight is 639 g/mol. The molecule has 6 atom stereocenters. The van der Waals surface area contributed by atoms with Crippen LogP contribution >= 0.6 is 0 Å². The van der Waals surface area contributed by atoms with E-state index in [1.54, 1.807) is 6.92 Å². The molecule has 1 saturated carbocycles. The highest BCUT2D eigenvalue weighted by Gasteiger charge is 2.63. The molecule has 0 bridgehead atoms. The predicted molar refractivity (Wildman–Crippen MR) is 153 cm³/mol. The lowest BCUT2D eigenvalue weighted by atomic mass is 9.69. The van der Waals surface area contributed by atoms with Crippen molar-refractivity contribution >= 4 is 35.2 Å². The van der Waals surface area contributed by atoms with Gasteiger partial charge in [-0.3, -0.25) is 14.4 Å². The van der Waals surface area contributed by atoms with Crippen molar-refractivity contribution in [2.75, 3.05) is 14.2 Å². The van der Waals surface area contributed by atoms with Gasteiger partial charge in [-0.15, -0.1) is 0 Å². The van der Waals surface area contributed by atoms with Crippen molar-refractivity contribution < 1.29 is 68.1 Å². The second-order valence-electron chi connectivity index (χ2n) is 11.9. The van der Waals surface area contributed by atoms with E-state index >= 15 is 0 Å². The maximum Gasteiger partial charge on any atom is 0.358 e. The van der Waals surface area contributed by atoms with Crippen LogP contribution in [-0.2, 0) is 33.4 Å². The van der Waals surface area contributed by atoms with E-state index in [1.807, 2.05) is 0 Å². The number of fused-ring (bicyclic) bond motifs is 3. The van der Waals surface area contributed by atoms with Crippen LogP contribution in [0.5, 0.6) is 23.0 Å². The van der Waals surface area contributed by atoms with Gasteiger partial charge in [0.05, 0.1) is 32.6 Å². The minimum atomic E-state index is -2.42. The summed E-state index contributed by atoms with van der Waals surface area (Å²) in [5.41, 5.74) is -6.07. The number of aliphatic hydroxyl groups is 2. The Hall–Kier alpha value is -5.11. The molecule has 1 saturated heterocycles. The van der Waals surface area contributed by atoms with Gasteiger partial charge < -0.3 is 44.1 Å². The molecule has 0 spiro atoms. The smallest absolute Gasteiger partial charge is 0.358 e. The van der Waals surface area contributed by atoms with Gasteiger partial charge in [0, 0.05) is 23.5 Å². The Balaban J connectivity index is 1.56. The number of esters is 3. The Morgan fingerprint density at radius 3 is 2.15 bits per heavy atom. The number of aromatic hydroxyl groups is 2. The average Bonchev–Trinajstić information content (AvgIpc) is 3.36. The number of Topliss-reactive ketones (excluding diaryl/α,β-unsaturated/α-hetero) is 2. The van der Waals surface area contributed by atoms with Crippen molar-refractivity contribution in [2.24, 2.45) is 11.8 Å². The Morgan fingerprint density at radius 1 is 0.848 bits per heavy atom. The summed E-state index contributed by atoms with van der Waals surface area (Å²) in [6, 6.07) is 4.98. The first-order valence-corrected chi connectivity index (χ1v) is 14.4. The van der Waals surface area contributed by atoms with Crippen molar-refractivity contribution in [1.29, 1.82) is 0 Å². The lowest BCUT2D eigenvalue weighted by Gasteiger charge is -2.45. The number of aliphatic hydroxyl groups excluding tert-OH is 2.